The third kappa shape index (κ3) is 3.06. The lowest BCUT2D eigenvalue weighted by atomic mass is 10.2. The number of amides is 1. The molecule has 14 heavy (non-hydrogen) atoms. The second-order valence-electron chi connectivity index (χ2n) is 2.86. The molecule has 0 aliphatic carbocycles. The molecule has 0 aliphatic heterocycles. The van der Waals surface area contributed by atoms with E-state index in [0.29, 0.717) is 18.7 Å². The molecule has 76 valence electrons. The minimum absolute atomic E-state index is 0.416. The summed E-state index contributed by atoms with van der Waals surface area (Å²) in [5, 5.41) is 3.11. The van der Waals surface area contributed by atoms with Crippen molar-refractivity contribution in [3.63, 3.8) is 0 Å². The zero-order valence-electron chi connectivity index (χ0n) is 8.12. The molecular formula is C10H14N2O2. The van der Waals surface area contributed by atoms with Crippen LogP contribution in [0.4, 0.5) is 5.69 Å². The highest BCUT2D eigenvalue weighted by molar-refractivity contribution is 5.93. The standard InChI is InChI=1S/C10H14N2O2/c1-14-6-5-12-9-4-2-3-8(7-9)10(11)13/h2-4,7,12H,5-6H2,1H3,(H2,11,13). The molecule has 4 heteroatoms. The van der Waals surface area contributed by atoms with Crippen LogP contribution in [0, 0.1) is 0 Å². The molecule has 1 amide bonds. The monoisotopic (exact) mass is 194 g/mol. The molecule has 1 aromatic carbocycles. The summed E-state index contributed by atoms with van der Waals surface area (Å²) in [6.07, 6.45) is 0. The lowest BCUT2D eigenvalue weighted by Crippen LogP contribution is -2.12. The van der Waals surface area contributed by atoms with Gasteiger partial charge in [-0.15, -0.1) is 0 Å². The van der Waals surface area contributed by atoms with Crippen molar-refractivity contribution in [3.05, 3.63) is 29.8 Å². The first-order valence-corrected chi connectivity index (χ1v) is 4.36. The molecule has 4 nitrogen and oxygen atoms in total. The average Bonchev–Trinajstić information content (AvgIpc) is 2.19. The third-order valence-corrected chi connectivity index (χ3v) is 1.78. The second kappa shape index (κ2) is 5.24. The summed E-state index contributed by atoms with van der Waals surface area (Å²) in [5.41, 5.74) is 6.53. The fourth-order valence-corrected chi connectivity index (χ4v) is 1.08. The zero-order valence-corrected chi connectivity index (χ0v) is 8.12. The maximum Gasteiger partial charge on any atom is 0.248 e. The highest BCUT2D eigenvalue weighted by atomic mass is 16.5. The van der Waals surface area contributed by atoms with E-state index >= 15 is 0 Å². The second-order valence-corrected chi connectivity index (χ2v) is 2.86. The van der Waals surface area contributed by atoms with Crippen molar-refractivity contribution >= 4 is 11.6 Å². The summed E-state index contributed by atoms with van der Waals surface area (Å²) in [5.74, 6) is -0.416. The number of nitrogens with two attached hydrogens (primary N) is 1. The van der Waals surface area contributed by atoms with Crippen LogP contribution in [0.1, 0.15) is 10.4 Å². The fraction of sp³-hybridized carbons (Fsp3) is 0.300. The maximum absolute atomic E-state index is 10.9. The number of rotatable bonds is 5. The molecule has 1 rings (SSSR count). The van der Waals surface area contributed by atoms with E-state index in [1.165, 1.54) is 0 Å². The summed E-state index contributed by atoms with van der Waals surface area (Å²) in [6.45, 7) is 1.33. The predicted octanol–water partition coefficient (Wildman–Crippen LogP) is 0.844. The Hall–Kier alpha value is -1.55. The van der Waals surface area contributed by atoms with E-state index < -0.39 is 5.91 Å². The number of anilines is 1. The predicted molar refractivity (Wildman–Crippen MR) is 55.3 cm³/mol. The van der Waals surface area contributed by atoms with Crippen LogP contribution in [0.15, 0.2) is 24.3 Å². The average molecular weight is 194 g/mol. The Morgan fingerprint density at radius 2 is 2.36 bits per heavy atom. The molecule has 1 aromatic rings. The summed E-state index contributed by atoms with van der Waals surface area (Å²) in [6, 6.07) is 7.07. The Labute approximate surface area is 83.1 Å². The topological polar surface area (TPSA) is 64.3 Å². The van der Waals surface area contributed by atoms with Gasteiger partial charge < -0.3 is 15.8 Å². The fourth-order valence-electron chi connectivity index (χ4n) is 1.08. The van der Waals surface area contributed by atoms with E-state index in [0.717, 1.165) is 5.69 Å². The normalized spacial score (nSPS) is 9.79. The van der Waals surface area contributed by atoms with Gasteiger partial charge in [-0.25, -0.2) is 0 Å². The lowest BCUT2D eigenvalue weighted by Gasteiger charge is -2.06. The largest absolute Gasteiger partial charge is 0.383 e. The molecule has 0 aromatic heterocycles. The summed E-state index contributed by atoms with van der Waals surface area (Å²) in [7, 11) is 1.64. The van der Waals surface area contributed by atoms with Crippen molar-refractivity contribution in [3.8, 4) is 0 Å². The van der Waals surface area contributed by atoms with E-state index in [1.807, 2.05) is 6.07 Å². The molecule has 3 N–H and O–H groups in total. The summed E-state index contributed by atoms with van der Waals surface area (Å²) < 4.78 is 4.89. The molecule has 0 bridgehead atoms. The summed E-state index contributed by atoms with van der Waals surface area (Å²) >= 11 is 0. The molecule has 0 aliphatic rings. The number of hydrogen-bond acceptors (Lipinski definition) is 3. The van der Waals surface area contributed by atoms with E-state index in [4.69, 9.17) is 10.5 Å². The van der Waals surface area contributed by atoms with Crippen LogP contribution in [-0.4, -0.2) is 26.2 Å². The maximum atomic E-state index is 10.9. The number of nitrogens with one attached hydrogen (secondary N) is 1. The zero-order chi connectivity index (χ0) is 10.4. The highest BCUT2D eigenvalue weighted by Crippen LogP contribution is 2.09. The van der Waals surface area contributed by atoms with Crippen LogP contribution in [0.25, 0.3) is 0 Å². The first kappa shape index (κ1) is 10.5. The Bertz CT molecular complexity index is 313. The number of ether oxygens (including phenoxy) is 1. The molecular weight excluding hydrogens is 180 g/mol. The number of hydrogen-bond donors (Lipinski definition) is 2. The first-order chi connectivity index (χ1) is 6.74. The van der Waals surface area contributed by atoms with Crippen molar-refractivity contribution in [2.45, 2.75) is 0 Å². The van der Waals surface area contributed by atoms with Crippen LogP contribution in [-0.2, 0) is 4.74 Å². The van der Waals surface area contributed by atoms with E-state index in [1.54, 1.807) is 25.3 Å². The van der Waals surface area contributed by atoms with Gasteiger partial charge in [-0.3, -0.25) is 4.79 Å². The minimum atomic E-state index is -0.416. The van der Waals surface area contributed by atoms with Crippen molar-refractivity contribution in [2.24, 2.45) is 5.73 Å². The van der Waals surface area contributed by atoms with Crippen LogP contribution >= 0.6 is 0 Å². The highest BCUT2D eigenvalue weighted by Gasteiger charge is 1.99. The number of carbonyl (C=O) groups excluding carboxylic acids is 1. The number of primary amides is 1. The van der Waals surface area contributed by atoms with Crippen LogP contribution < -0.4 is 11.1 Å². The van der Waals surface area contributed by atoms with Crippen molar-refractivity contribution in [1.29, 1.82) is 0 Å². The van der Waals surface area contributed by atoms with Gasteiger partial charge in [0.2, 0.25) is 5.91 Å². The van der Waals surface area contributed by atoms with Crippen LogP contribution in [0.3, 0.4) is 0 Å². The summed E-state index contributed by atoms with van der Waals surface area (Å²) in [4.78, 5) is 10.9. The van der Waals surface area contributed by atoms with Crippen LogP contribution in [0.5, 0.6) is 0 Å². The number of carbonyl (C=O) groups is 1. The minimum Gasteiger partial charge on any atom is -0.383 e. The number of benzene rings is 1. The smallest absolute Gasteiger partial charge is 0.248 e. The SMILES string of the molecule is COCCNc1cccc(C(N)=O)c1. The molecule has 0 radical (unpaired) electrons. The van der Waals surface area contributed by atoms with Gasteiger partial charge in [0.15, 0.2) is 0 Å². The van der Waals surface area contributed by atoms with Gasteiger partial charge in [0.25, 0.3) is 0 Å². The van der Waals surface area contributed by atoms with Gasteiger partial charge in [-0.05, 0) is 18.2 Å². The van der Waals surface area contributed by atoms with Crippen molar-refractivity contribution in [1.82, 2.24) is 0 Å². The Balaban J connectivity index is 2.59. The Kier molecular flexibility index (Phi) is 3.94. The van der Waals surface area contributed by atoms with Gasteiger partial charge in [0.1, 0.15) is 0 Å². The quantitative estimate of drug-likeness (QED) is 0.683. The number of methoxy groups -OCH3 is 1. The van der Waals surface area contributed by atoms with E-state index in [-0.39, 0.29) is 0 Å². The van der Waals surface area contributed by atoms with Crippen molar-refractivity contribution in [2.75, 3.05) is 25.6 Å². The van der Waals surface area contributed by atoms with Gasteiger partial charge in [-0.1, -0.05) is 6.07 Å². The van der Waals surface area contributed by atoms with E-state index in [9.17, 15) is 4.79 Å². The van der Waals surface area contributed by atoms with Crippen LogP contribution in [0.2, 0.25) is 0 Å². The molecule has 0 saturated carbocycles. The lowest BCUT2D eigenvalue weighted by molar-refractivity contribution is 0.100. The molecule has 0 atom stereocenters. The Morgan fingerprint density at radius 1 is 1.57 bits per heavy atom. The van der Waals surface area contributed by atoms with Gasteiger partial charge in [-0.2, -0.15) is 0 Å². The molecule has 0 heterocycles. The van der Waals surface area contributed by atoms with Crippen molar-refractivity contribution < 1.29 is 9.53 Å². The molecule has 0 unspecified atom stereocenters. The molecule has 0 fully saturated rings. The molecule has 0 saturated heterocycles. The van der Waals surface area contributed by atoms with Gasteiger partial charge in [0.05, 0.1) is 6.61 Å². The van der Waals surface area contributed by atoms with E-state index in [2.05, 4.69) is 5.32 Å². The third-order valence-electron chi connectivity index (χ3n) is 1.78. The Morgan fingerprint density at radius 3 is 3.00 bits per heavy atom. The van der Waals surface area contributed by atoms with Gasteiger partial charge >= 0.3 is 0 Å². The molecule has 0 spiro atoms. The first-order valence-electron chi connectivity index (χ1n) is 4.36. The van der Waals surface area contributed by atoms with Gasteiger partial charge in [0, 0.05) is 24.9 Å².